The van der Waals surface area contributed by atoms with E-state index in [1.165, 1.54) is 43.8 Å². The Morgan fingerprint density at radius 2 is 0.540 bits per heavy atom. The van der Waals surface area contributed by atoms with Crippen LogP contribution >= 0.6 is 17.2 Å². The van der Waals surface area contributed by atoms with Crippen molar-refractivity contribution in [2.75, 3.05) is 13.3 Å². The van der Waals surface area contributed by atoms with Crippen LogP contribution in [-0.2, 0) is 12.3 Å². The third-order valence-electron chi connectivity index (χ3n) is 6.35. The second-order valence-corrected chi connectivity index (χ2v) is 11.1. The van der Waals surface area contributed by atoms with E-state index in [1.807, 2.05) is 156 Å². The van der Waals surface area contributed by atoms with Crippen molar-refractivity contribution in [2.24, 2.45) is 0 Å². The fraction of sp³-hybridized carbons (Fsp3) is 0.333. The normalized spacial score (nSPS) is 9.00. The molecule has 0 aliphatic rings. The summed E-state index contributed by atoms with van der Waals surface area (Å²) in [4.78, 5) is 0. The summed E-state index contributed by atoms with van der Waals surface area (Å²) >= 11 is 0. The van der Waals surface area contributed by atoms with Gasteiger partial charge in [-0.3, -0.25) is 0 Å². The van der Waals surface area contributed by atoms with E-state index >= 15 is 0 Å². The summed E-state index contributed by atoms with van der Waals surface area (Å²) in [5.41, 5.74) is 5.90. The lowest BCUT2D eigenvalue weighted by Gasteiger charge is -2.19. The molecule has 0 heterocycles. The second-order valence-electron chi connectivity index (χ2n) is 9.01. The monoisotopic (exact) mass is 711 g/mol. The SMILES string of the molecule is CC.CC.CC.CC.CC.CC.CPCc1ccc2ccccc2c1-c1c(CPC)ccc2ccccc12.c1ccccc1.c1ccccc1. The second kappa shape index (κ2) is 38.5. The van der Waals surface area contributed by atoms with Gasteiger partial charge in [-0.25, -0.2) is 0 Å². The molecule has 6 aromatic rings. The summed E-state index contributed by atoms with van der Waals surface area (Å²) in [7, 11) is 1.85. The van der Waals surface area contributed by atoms with E-state index in [-0.39, 0.29) is 0 Å². The Bertz CT molecular complexity index is 1350. The lowest BCUT2D eigenvalue weighted by atomic mass is 9.88. The molecule has 6 aromatic carbocycles. The Morgan fingerprint density at radius 1 is 0.300 bits per heavy atom. The molecule has 0 aliphatic carbocycles. The number of hydrogen-bond donors (Lipinski definition) is 0. The van der Waals surface area contributed by atoms with Crippen molar-refractivity contribution < 1.29 is 0 Å². The van der Waals surface area contributed by atoms with Gasteiger partial charge in [-0.2, -0.15) is 0 Å². The Hall–Kier alpha value is -3.30. The van der Waals surface area contributed by atoms with Crippen molar-refractivity contribution in [2.45, 2.75) is 95.4 Å². The summed E-state index contributed by atoms with van der Waals surface area (Å²) in [6, 6.07) is 51.0. The molecule has 2 heteroatoms. The van der Waals surface area contributed by atoms with E-state index in [2.05, 4.69) is 86.1 Å². The summed E-state index contributed by atoms with van der Waals surface area (Å²) in [5.74, 6) is 0. The highest BCUT2D eigenvalue weighted by Crippen LogP contribution is 2.41. The molecule has 0 aliphatic heterocycles. The summed E-state index contributed by atoms with van der Waals surface area (Å²) in [6.45, 7) is 28.6. The molecule has 0 fully saturated rings. The molecule has 0 saturated carbocycles. The van der Waals surface area contributed by atoms with E-state index in [1.54, 1.807) is 0 Å². The van der Waals surface area contributed by atoms with Crippen LogP contribution in [0.4, 0.5) is 0 Å². The first-order valence-corrected chi connectivity index (χ1v) is 22.6. The fourth-order valence-corrected chi connectivity index (χ4v) is 6.02. The number of rotatable bonds is 5. The van der Waals surface area contributed by atoms with Gasteiger partial charge in [-0.05, 0) is 69.5 Å². The molecule has 0 amide bonds. The zero-order chi connectivity index (χ0) is 38.4. The number of fused-ring (bicyclic) bond motifs is 2. The van der Waals surface area contributed by atoms with Crippen LogP contribution in [0.1, 0.15) is 94.2 Å². The van der Waals surface area contributed by atoms with E-state index in [4.69, 9.17) is 0 Å². The average molecular weight is 711 g/mol. The molecule has 0 nitrogen and oxygen atoms in total. The standard InChI is InChI=1S/C24H24P2.2C6H6.6C2H6/c1-25-15-19-13-11-17-7-3-5-9-21(17)23(19)24-20(16-26-2)14-12-18-8-4-6-10-22(18)24;2*1-2-4-6-5-3-1;6*1-2/h3-14,25-26H,15-16H2,1-2H3;2*1-6H;6*1-2H3. The van der Waals surface area contributed by atoms with Gasteiger partial charge in [-0.1, -0.05) is 229 Å². The summed E-state index contributed by atoms with van der Waals surface area (Å²) < 4.78 is 0. The maximum Gasteiger partial charge on any atom is -0.00607 e. The van der Waals surface area contributed by atoms with Gasteiger partial charge < -0.3 is 0 Å². The first-order valence-electron chi connectivity index (χ1n) is 19.1. The summed E-state index contributed by atoms with van der Waals surface area (Å²) in [6.07, 6.45) is 2.30. The van der Waals surface area contributed by atoms with E-state index < -0.39 is 0 Å². The van der Waals surface area contributed by atoms with Crippen LogP contribution in [0.2, 0.25) is 0 Å². The third kappa shape index (κ3) is 19.2. The molecular formula is C48H72P2. The highest BCUT2D eigenvalue weighted by atomic mass is 31.1. The molecule has 0 saturated heterocycles. The van der Waals surface area contributed by atoms with E-state index in [0.717, 1.165) is 29.5 Å². The lowest BCUT2D eigenvalue weighted by Crippen LogP contribution is -1.95. The van der Waals surface area contributed by atoms with Crippen molar-refractivity contribution >= 4 is 38.7 Å². The lowest BCUT2D eigenvalue weighted by molar-refractivity contribution is 1.38. The number of benzene rings is 6. The zero-order valence-electron chi connectivity index (χ0n) is 34.3. The van der Waals surface area contributed by atoms with Crippen LogP contribution < -0.4 is 0 Å². The van der Waals surface area contributed by atoms with Gasteiger partial charge in [-0.15, -0.1) is 17.2 Å². The van der Waals surface area contributed by atoms with Gasteiger partial charge >= 0.3 is 0 Å². The molecule has 2 atom stereocenters. The van der Waals surface area contributed by atoms with Crippen LogP contribution in [0.25, 0.3) is 32.7 Å². The van der Waals surface area contributed by atoms with Gasteiger partial charge in [0.05, 0.1) is 0 Å². The van der Waals surface area contributed by atoms with Crippen LogP contribution in [-0.4, -0.2) is 13.3 Å². The van der Waals surface area contributed by atoms with Crippen molar-refractivity contribution in [3.8, 4) is 11.1 Å². The highest BCUT2D eigenvalue weighted by Gasteiger charge is 2.16. The minimum Gasteiger partial charge on any atom is -0.121 e. The maximum atomic E-state index is 2.36. The first kappa shape index (κ1) is 51.1. The van der Waals surface area contributed by atoms with Crippen molar-refractivity contribution in [3.63, 3.8) is 0 Å². The Kier molecular flexibility index (Phi) is 39.3. The van der Waals surface area contributed by atoms with Gasteiger partial charge in [0.1, 0.15) is 0 Å². The maximum absolute atomic E-state index is 2.36. The smallest absolute Gasteiger partial charge is 0.00607 e. The highest BCUT2D eigenvalue weighted by molar-refractivity contribution is 7.36. The Morgan fingerprint density at radius 3 is 0.780 bits per heavy atom. The molecule has 50 heavy (non-hydrogen) atoms. The molecule has 0 bridgehead atoms. The predicted octanol–water partition coefficient (Wildman–Crippen LogP) is 16.8. The topological polar surface area (TPSA) is 0 Å². The number of hydrogen-bond acceptors (Lipinski definition) is 0. The molecule has 2 unspecified atom stereocenters. The summed E-state index contributed by atoms with van der Waals surface area (Å²) in [5, 5.41) is 5.45. The molecular weight excluding hydrogens is 638 g/mol. The van der Waals surface area contributed by atoms with E-state index in [9.17, 15) is 0 Å². The van der Waals surface area contributed by atoms with Gasteiger partial charge in [0.2, 0.25) is 0 Å². The van der Waals surface area contributed by atoms with Gasteiger partial charge in [0.15, 0.2) is 0 Å². The van der Waals surface area contributed by atoms with Crippen LogP contribution in [0.5, 0.6) is 0 Å². The Labute approximate surface area is 314 Å². The molecule has 0 radical (unpaired) electrons. The van der Waals surface area contributed by atoms with Crippen molar-refractivity contribution in [3.05, 3.63) is 157 Å². The van der Waals surface area contributed by atoms with Crippen LogP contribution in [0.15, 0.2) is 146 Å². The van der Waals surface area contributed by atoms with E-state index in [0.29, 0.717) is 0 Å². The quantitative estimate of drug-likeness (QED) is 0.156. The Balaban J connectivity index is -0.000000755. The average Bonchev–Trinajstić information content (AvgIpc) is 3.24. The molecule has 0 spiro atoms. The fourth-order valence-electron chi connectivity index (χ4n) is 4.67. The van der Waals surface area contributed by atoms with Gasteiger partial charge in [0, 0.05) is 0 Å². The molecule has 0 N–H and O–H groups in total. The largest absolute Gasteiger partial charge is 0.121 e. The molecule has 274 valence electrons. The molecule has 6 rings (SSSR count). The van der Waals surface area contributed by atoms with Crippen LogP contribution in [0.3, 0.4) is 0 Å². The van der Waals surface area contributed by atoms with Crippen molar-refractivity contribution in [1.29, 1.82) is 0 Å². The van der Waals surface area contributed by atoms with Crippen molar-refractivity contribution in [1.82, 2.24) is 0 Å². The zero-order valence-corrected chi connectivity index (χ0v) is 36.3. The third-order valence-corrected chi connectivity index (χ3v) is 7.82. The van der Waals surface area contributed by atoms with Gasteiger partial charge in [0.25, 0.3) is 0 Å². The first-order chi connectivity index (χ1) is 24.8. The minimum atomic E-state index is 0.924. The van der Waals surface area contributed by atoms with Crippen LogP contribution in [0, 0.1) is 0 Å². The molecule has 0 aromatic heterocycles. The minimum absolute atomic E-state index is 0.924. The predicted molar refractivity (Wildman–Crippen MR) is 244 cm³/mol.